The highest BCUT2D eigenvalue weighted by molar-refractivity contribution is 7.26. The fourth-order valence-electron chi connectivity index (χ4n) is 8.97. The van der Waals surface area contributed by atoms with Crippen LogP contribution in [0.25, 0.3) is 53.1 Å². The number of fused-ring (bicyclic) bond motifs is 9. The van der Waals surface area contributed by atoms with E-state index < -0.39 is 5.41 Å². The Labute approximate surface area is 311 Å². The lowest BCUT2D eigenvalue weighted by molar-refractivity contribution is 0.731. The molecule has 0 aliphatic carbocycles. The summed E-state index contributed by atoms with van der Waals surface area (Å²) in [6, 6.07) is 70.8. The van der Waals surface area contributed by atoms with Gasteiger partial charge in [-0.05, 0) is 52.6 Å². The van der Waals surface area contributed by atoms with Crippen LogP contribution in [0.4, 0.5) is 17.1 Å². The molecule has 0 fully saturated rings. The first-order valence-electron chi connectivity index (χ1n) is 18.1. The monoisotopic (exact) mass is 692 g/mol. The lowest BCUT2D eigenvalue weighted by Crippen LogP contribution is -2.37. The Balaban J connectivity index is 1.33. The van der Waals surface area contributed by atoms with Crippen molar-refractivity contribution in [3.05, 3.63) is 216 Å². The average Bonchev–Trinajstić information content (AvgIpc) is 3.63. The zero-order valence-electron chi connectivity index (χ0n) is 28.8. The van der Waals surface area contributed by atoms with Gasteiger partial charge in [-0.2, -0.15) is 0 Å². The van der Waals surface area contributed by atoms with Gasteiger partial charge in [-0.1, -0.05) is 164 Å². The first-order valence-corrected chi connectivity index (χ1v) is 19.0. The molecule has 0 radical (unpaired) electrons. The molecule has 0 unspecified atom stereocenters. The molecule has 11 rings (SSSR count). The van der Waals surface area contributed by atoms with Crippen LogP contribution in [-0.4, -0.2) is 4.98 Å². The van der Waals surface area contributed by atoms with Crippen molar-refractivity contribution in [1.29, 1.82) is 0 Å². The van der Waals surface area contributed by atoms with Gasteiger partial charge in [0.2, 0.25) is 0 Å². The molecule has 3 heteroatoms. The minimum Gasteiger partial charge on any atom is -0.308 e. The summed E-state index contributed by atoms with van der Waals surface area (Å²) < 4.78 is 2.55. The van der Waals surface area contributed by atoms with Crippen LogP contribution in [0, 0.1) is 0 Å². The van der Waals surface area contributed by atoms with E-state index in [0.717, 1.165) is 27.8 Å². The zero-order chi connectivity index (χ0) is 34.9. The zero-order valence-corrected chi connectivity index (χ0v) is 29.6. The highest BCUT2D eigenvalue weighted by Gasteiger charge is 2.46. The van der Waals surface area contributed by atoms with Crippen molar-refractivity contribution in [2.24, 2.45) is 0 Å². The molecular weight excluding hydrogens is 661 g/mol. The van der Waals surface area contributed by atoms with Crippen molar-refractivity contribution < 1.29 is 0 Å². The van der Waals surface area contributed by atoms with Crippen LogP contribution in [-0.2, 0) is 5.41 Å². The Morgan fingerprint density at radius 2 is 0.962 bits per heavy atom. The van der Waals surface area contributed by atoms with Crippen LogP contribution in [0.3, 0.4) is 0 Å². The number of aromatic nitrogens is 1. The summed E-state index contributed by atoms with van der Waals surface area (Å²) in [4.78, 5) is 7.94. The second-order valence-electron chi connectivity index (χ2n) is 13.8. The van der Waals surface area contributed by atoms with Crippen LogP contribution in [0.2, 0.25) is 0 Å². The summed E-state index contributed by atoms with van der Waals surface area (Å²) in [5, 5.41) is 6.14. The van der Waals surface area contributed by atoms with E-state index in [0.29, 0.717) is 0 Å². The summed E-state index contributed by atoms with van der Waals surface area (Å²) in [7, 11) is 0. The molecule has 3 heterocycles. The molecule has 248 valence electrons. The molecule has 0 atom stereocenters. The standard InChI is InChI=1S/C50H32N2S/c1-4-18-33(19-5-1)48-38-32-44(49-47(37-25-11-17-31-45(37)53-49)46(38)36-24-10-14-28-41(36)51-48)52-42-29-15-12-26-39(42)50(34-20-6-2-7-21-34,35-22-8-3-9-23-35)40-27-13-16-30-43(40)52/h1-32H. The third-order valence-corrected chi connectivity index (χ3v) is 12.3. The van der Waals surface area contributed by atoms with Gasteiger partial charge in [0.25, 0.3) is 0 Å². The highest BCUT2D eigenvalue weighted by Crippen LogP contribution is 2.59. The molecule has 8 aromatic carbocycles. The predicted octanol–water partition coefficient (Wildman–Crippen LogP) is 13.6. The number of thiophene rings is 1. The molecule has 0 bridgehead atoms. The summed E-state index contributed by atoms with van der Waals surface area (Å²) in [6.07, 6.45) is 0. The van der Waals surface area contributed by atoms with Crippen LogP contribution in [0.5, 0.6) is 0 Å². The molecule has 1 aliphatic heterocycles. The minimum atomic E-state index is -0.532. The largest absolute Gasteiger partial charge is 0.308 e. The van der Waals surface area contributed by atoms with Gasteiger partial charge >= 0.3 is 0 Å². The lowest BCUT2D eigenvalue weighted by Gasteiger charge is -2.46. The van der Waals surface area contributed by atoms with Gasteiger partial charge in [-0.3, -0.25) is 0 Å². The number of rotatable bonds is 4. The van der Waals surface area contributed by atoms with Gasteiger partial charge in [0.05, 0.1) is 38.4 Å². The molecule has 53 heavy (non-hydrogen) atoms. The average molecular weight is 693 g/mol. The summed E-state index contributed by atoms with van der Waals surface area (Å²) in [6.45, 7) is 0. The third-order valence-electron chi connectivity index (χ3n) is 11.1. The fraction of sp³-hybridized carbons (Fsp3) is 0.0200. The van der Waals surface area contributed by atoms with E-state index in [4.69, 9.17) is 4.98 Å². The van der Waals surface area contributed by atoms with Gasteiger partial charge in [0.1, 0.15) is 0 Å². The van der Waals surface area contributed by atoms with Crippen molar-refractivity contribution in [2.45, 2.75) is 5.41 Å². The van der Waals surface area contributed by atoms with Crippen LogP contribution < -0.4 is 4.90 Å². The van der Waals surface area contributed by atoms with E-state index in [-0.39, 0.29) is 0 Å². The minimum absolute atomic E-state index is 0.532. The van der Waals surface area contributed by atoms with Gasteiger partial charge in [0, 0.05) is 37.2 Å². The SMILES string of the molecule is c1ccc(-c2nc3ccccc3c3c2cc(N2c4ccccc4C(c4ccccc4)(c4ccccc4)c4ccccc42)c2sc4ccccc4c23)cc1. The Morgan fingerprint density at radius 3 is 1.62 bits per heavy atom. The topological polar surface area (TPSA) is 16.1 Å². The molecular formula is C50H32N2S. The maximum Gasteiger partial charge on any atom is 0.0789 e. The van der Waals surface area contributed by atoms with Crippen molar-refractivity contribution in [3.63, 3.8) is 0 Å². The maximum atomic E-state index is 5.41. The van der Waals surface area contributed by atoms with Crippen molar-refractivity contribution in [1.82, 2.24) is 4.98 Å². The number of hydrogen-bond donors (Lipinski definition) is 0. The lowest BCUT2D eigenvalue weighted by atomic mass is 9.62. The summed E-state index contributed by atoms with van der Waals surface area (Å²) in [5.74, 6) is 0. The number of nitrogens with zero attached hydrogens (tertiary/aromatic N) is 2. The quantitative estimate of drug-likeness (QED) is 0.171. The smallest absolute Gasteiger partial charge is 0.0789 e. The maximum absolute atomic E-state index is 5.41. The van der Waals surface area contributed by atoms with Gasteiger partial charge in [0.15, 0.2) is 0 Å². The first-order chi connectivity index (χ1) is 26.3. The number of anilines is 3. The number of benzene rings is 8. The molecule has 2 aromatic heterocycles. The second kappa shape index (κ2) is 11.7. The highest BCUT2D eigenvalue weighted by atomic mass is 32.1. The van der Waals surface area contributed by atoms with E-state index in [1.165, 1.54) is 64.6 Å². The number of hydrogen-bond acceptors (Lipinski definition) is 3. The number of para-hydroxylation sites is 3. The van der Waals surface area contributed by atoms with E-state index >= 15 is 0 Å². The fourth-order valence-corrected chi connectivity index (χ4v) is 10.2. The van der Waals surface area contributed by atoms with E-state index in [9.17, 15) is 0 Å². The Morgan fingerprint density at radius 1 is 0.434 bits per heavy atom. The molecule has 0 N–H and O–H groups in total. The molecule has 0 spiro atoms. The van der Waals surface area contributed by atoms with Gasteiger partial charge in [-0.25, -0.2) is 4.98 Å². The van der Waals surface area contributed by atoms with Gasteiger partial charge < -0.3 is 4.90 Å². The summed E-state index contributed by atoms with van der Waals surface area (Å²) in [5.41, 5.74) is 11.1. The van der Waals surface area contributed by atoms with Crippen LogP contribution in [0.15, 0.2) is 194 Å². The molecule has 10 aromatic rings. The Kier molecular flexibility index (Phi) is 6.67. The van der Waals surface area contributed by atoms with Crippen LogP contribution in [0.1, 0.15) is 22.3 Å². The normalized spacial score (nSPS) is 13.4. The molecule has 0 saturated carbocycles. The Hall–Kier alpha value is -6.55. The van der Waals surface area contributed by atoms with E-state index in [1.54, 1.807) is 0 Å². The van der Waals surface area contributed by atoms with Crippen molar-refractivity contribution in [2.75, 3.05) is 4.90 Å². The Bertz CT molecular complexity index is 2910. The van der Waals surface area contributed by atoms with E-state index in [1.807, 2.05) is 11.3 Å². The van der Waals surface area contributed by atoms with E-state index in [2.05, 4.69) is 199 Å². The molecule has 2 nitrogen and oxygen atoms in total. The number of pyridine rings is 1. The van der Waals surface area contributed by atoms with Crippen LogP contribution >= 0.6 is 11.3 Å². The first kappa shape index (κ1) is 30.1. The predicted molar refractivity (Wildman–Crippen MR) is 224 cm³/mol. The van der Waals surface area contributed by atoms with Crippen molar-refractivity contribution >= 4 is 70.2 Å². The molecule has 0 amide bonds. The molecule has 0 saturated heterocycles. The van der Waals surface area contributed by atoms with Crippen molar-refractivity contribution in [3.8, 4) is 11.3 Å². The molecule has 1 aliphatic rings. The second-order valence-corrected chi connectivity index (χ2v) is 14.9. The van der Waals surface area contributed by atoms with Gasteiger partial charge in [-0.15, -0.1) is 11.3 Å². The third kappa shape index (κ3) is 4.29. The summed E-state index contributed by atoms with van der Waals surface area (Å²) >= 11 is 1.89.